The zero-order valence-corrected chi connectivity index (χ0v) is 11.4. The molecule has 0 saturated heterocycles. The third-order valence-electron chi connectivity index (χ3n) is 2.82. The summed E-state index contributed by atoms with van der Waals surface area (Å²) in [5, 5.41) is 2.99. The van der Waals surface area contributed by atoms with Crippen LogP contribution in [0, 0.1) is 19.7 Å². The van der Waals surface area contributed by atoms with Crippen LogP contribution in [0.1, 0.15) is 24.6 Å². The Hall–Kier alpha value is -2.04. The first-order chi connectivity index (χ1) is 9.13. The van der Waals surface area contributed by atoms with Gasteiger partial charge in [0.05, 0.1) is 5.69 Å². The molecular weight excluding hydrogens is 243 g/mol. The number of pyridine rings is 1. The summed E-state index contributed by atoms with van der Waals surface area (Å²) in [6, 6.07) is 1.84. The van der Waals surface area contributed by atoms with Crippen molar-refractivity contribution in [1.82, 2.24) is 15.0 Å². The van der Waals surface area contributed by atoms with E-state index in [2.05, 4.69) is 20.3 Å². The first-order valence-corrected chi connectivity index (χ1v) is 6.32. The molecule has 0 unspecified atom stereocenters. The first-order valence-electron chi connectivity index (χ1n) is 6.32. The Labute approximate surface area is 112 Å². The molecule has 100 valence electrons. The number of nitrogens with one attached hydrogen (secondary N) is 1. The highest BCUT2D eigenvalue weighted by molar-refractivity contribution is 5.61. The molecule has 2 heterocycles. The SMILES string of the molecule is CCCNc1nc(-c2ccncc2C)nc(C)c1F. The van der Waals surface area contributed by atoms with Crippen molar-refractivity contribution in [2.75, 3.05) is 11.9 Å². The number of rotatable bonds is 4. The van der Waals surface area contributed by atoms with Crippen LogP contribution in [0.5, 0.6) is 0 Å². The van der Waals surface area contributed by atoms with Crippen molar-refractivity contribution >= 4 is 5.82 Å². The smallest absolute Gasteiger partial charge is 0.186 e. The van der Waals surface area contributed by atoms with E-state index in [1.807, 2.05) is 19.9 Å². The zero-order chi connectivity index (χ0) is 13.8. The highest BCUT2D eigenvalue weighted by Gasteiger charge is 2.13. The lowest BCUT2D eigenvalue weighted by Gasteiger charge is -2.10. The molecule has 19 heavy (non-hydrogen) atoms. The van der Waals surface area contributed by atoms with E-state index in [0.29, 0.717) is 18.1 Å². The number of aromatic nitrogens is 3. The fraction of sp³-hybridized carbons (Fsp3) is 0.357. The predicted molar refractivity (Wildman–Crippen MR) is 73.5 cm³/mol. The number of hydrogen-bond donors (Lipinski definition) is 1. The summed E-state index contributed by atoms with van der Waals surface area (Å²) < 4.78 is 13.9. The second-order valence-electron chi connectivity index (χ2n) is 4.41. The topological polar surface area (TPSA) is 50.7 Å². The minimum atomic E-state index is -0.385. The van der Waals surface area contributed by atoms with E-state index in [-0.39, 0.29) is 11.6 Å². The molecule has 0 aliphatic heterocycles. The average Bonchev–Trinajstić information content (AvgIpc) is 2.41. The second-order valence-corrected chi connectivity index (χ2v) is 4.41. The Balaban J connectivity index is 2.47. The minimum Gasteiger partial charge on any atom is -0.368 e. The zero-order valence-electron chi connectivity index (χ0n) is 11.4. The van der Waals surface area contributed by atoms with Crippen LogP contribution in [-0.2, 0) is 0 Å². The van der Waals surface area contributed by atoms with Gasteiger partial charge in [-0.05, 0) is 31.9 Å². The van der Waals surface area contributed by atoms with Gasteiger partial charge in [0.1, 0.15) is 0 Å². The quantitative estimate of drug-likeness (QED) is 0.917. The monoisotopic (exact) mass is 260 g/mol. The van der Waals surface area contributed by atoms with Gasteiger partial charge < -0.3 is 5.32 Å². The molecule has 0 bridgehead atoms. The molecule has 2 rings (SSSR count). The Morgan fingerprint density at radius 2 is 2.05 bits per heavy atom. The molecule has 1 N–H and O–H groups in total. The number of halogens is 1. The van der Waals surface area contributed by atoms with E-state index in [0.717, 1.165) is 17.5 Å². The van der Waals surface area contributed by atoms with Crippen molar-refractivity contribution in [2.24, 2.45) is 0 Å². The van der Waals surface area contributed by atoms with Gasteiger partial charge in [0.25, 0.3) is 0 Å². The van der Waals surface area contributed by atoms with Crippen molar-refractivity contribution in [3.63, 3.8) is 0 Å². The van der Waals surface area contributed by atoms with Gasteiger partial charge in [-0.1, -0.05) is 6.92 Å². The molecule has 0 spiro atoms. The van der Waals surface area contributed by atoms with Crippen LogP contribution < -0.4 is 5.32 Å². The number of nitrogens with zero attached hydrogens (tertiary/aromatic N) is 3. The second kappa shape index (κ2) is 5.73. The molecule has 0 saturated carbocycles. The lowest BCUT2D eigenvalue weighted by atomic mass is 10.1. The summed E-state index contributed by atoms with van der Waals surface area (Å²) in [5.41, 5.74) is 2.19. The van der Waals surface area contributed by atoms with Gasteiger partial charge in [-0.25, -0.2) is 14.4 Å². The molecule has 4 nitrogen and oxygen atoms in total. The maximum Gasteiger partial charge on any atom is 0.186 e. The van der Waals surface area contributed by atoms with Crippen molar-refractivity contribution in [3.8, 4) is 11.4 Å². The summed E-state index contributed by atoms with van der Waals surface area (Å²) in [6.45, 7) is 6.28. The van der Waals surface area contributed by atoms with Crippen LogP contribution in [0.15, 0.2) is 18.5 Å². The first kappa shape index (κ1) is 13.4. The lowest BCUT2D eigenvalue weighted by Crippen LogP contribution is -2.08. The molecule has 5 heteroatoms. The lowest BCUT2D eigenvalue weighted by molar-refractivity contribution is 0.605. The molecule has 2 aromatic rings. The Bertz CT molecular complexity index is 584. The molecule has 0 fully saturated rings. The summed E-state index contributed by atoms with van der Waals surface area (Å²) in [6.07, 6.45) is 4.34. The van der Waals surface area contributed by atoms with Crippen molar-refractivity contribution in [3.05, 3.63) is 35.5 Å². The molecule has 0 atom stereocenters. The van der Waals surface area contributed by atoms with E-state index < -0.39 is 0 Å². The normalized spacial score (nSPS) is 10.5. The van der Waals surface area contributed by atoms with Gasteiger partial charge in [-0.15, -0.1) is 0 Å². The third-order valence-corrected chi connectivity index (χ3v) is 2.82. The van der Waals surface area contributed by atoms with E-state index in [1.165, 1.54) is 0 Å². The minimum absolute atomic E-state index is 0.264. The maximum atomic E-state index is 13.9. The third kappa shape index (κ3) is 2.86. The van der Waals surface area contributed by atoms with Crippen LogP contribution in [0.25, 0.3) is 11.4 Å². The number of aryl methyl sites for hydroxylation is 2. The fourth-order valence-corrected chi connectivity index (χ4v) is 1.76. The predicted octanol–water partition coefficient (Wildman–Crippen LogP) is 3.12. The van der Waals surface area contributed by atoms with E-state index in [1.54, 1.807) is 19.3 Å². The largest absolute Gasteiger partial charge is 0.368 e. The summed E-state index contributed by atoms with van der Waals surface area (Å²) >= 11 is 0. The van der Waals surface area contributed by atoms with Crippen molar-refractivity contribution in [1.29, 1.82) is 0 Å². The highest BCUT2D eigenvalue weighted by Crippen LogP contribution is 2.23. The van der Waals surface area contributed by atoms with Crippen molar-refractivity contribution < 1.29 is 4.39 Å². The van der Waals surface area contributed by atoms with Gasteiger partial charge in [0.15, 0.2) is 17.5 Å². The standard InChI is InChI=1S/C14H17FN4/c1-4-6-17-14-12(15)10(3)18-13(19-14)11-5-7-16-8-9(11)2/h5,7-8H,4,6H2,1-3H3,(H,17,18,19). The Kier molecular flexibility index (Phi) is 4.04. The van der Waals surface area contributed by atoms with E-state index in [4.69, 9.17) is 0 Å². The maximum absolute atomic E-state index is 13.9. The molecule has 2 aromatic heterocycles. The van der Waals surface area contributed by atoms with Crippen LogP contribution in [0.2, 0.25) is 0 Å². The van der Waals surface area contributed by atoms with Crippen LogP contribution in [0.3, 0.4) is 0 Å². The van der Waals surface area contributed by atoms with Gasteiger partial charge in [0.2, 0.25) is 0 Å². The number of hydrogen-bond acceptors (Lipinski definition) is 4. The fourth-order valence-electron chi connectivity index (χ4n) is 1.76. The van der Waals surface area contributed by atoms with Crippen LogP contribution in [-0.4, -0.2) is 21.5 Å². The van der Waals surface area contributed by atoms with Gasteiger partial charge in [-0.3, -0.25) is 4.98 Å². The van der Waals surface area contributed by atoms with Crippen LogP contribution >= 0.6 is 0 Å². The Morgan fingerprint density at radius 3 is 2.74 bits per heavy atom. The average molecular weight is 260 g/mol. The van der Waals surface area contributed by atoms with Gasteiger partial charge >= 0.3 is 0 Å². The van der Waals surface area contributed by atoms with E-state index >= 15 is 0 Å². The summed E-state index contributed by atoms with van der Waals surface area (Å²) in [4.78, 5) is 12.5. The molecule has 0 amide bonds. The van der Waals surface area contributed by atoms with Gasteiger partial charge in [-0.2, -0.15) is 0 Å². The Morgan fingerprint density at radius 1 is 1.26 bits per heavy atom. The molecular formula is C14H17FN4. The number of anilines is 1. The molecule has 0 radical (unpaired) electrons. The highest BCUT2D eigenvalue weighted by atomic mass is 19.1. The van der Waals surface area contributed by atoms with E-state index in [9.17, 15) is 4.39 Å². The molecule has 0 aliphatic rings. The molecule has 0 aromatic carbocycles. The van der Waals surface area contributed by atoms with Crippen molar-refractivity contribution in [2.45, 2.75) is 27.2 Å². The summed E-state index contributed by atoms with van der Waals surface area (Å²) in [5.74, 6) is 0.405. The van der Waals surface area contributed by atoms with Crippen LogP contribution in [0.4, 0.5) is 10.2 Å². The van der Waals surface area contributed by atoms with Gasteiger partial charge in [0, 0.05) is 24.5 Å². The molecule has 0 aliphatic carbocycles. The summed E-state index contributed by atoms with van der Waals surface area (Å²) in [7, 11) is 0.